The van der Waals surface area contributed by atoms with E-state index in [0.717, 1.165) is 60.8 Å². The number of hydrogen-bond donors (Lipinski definition) is 3. The van der Waals surface area contributed by atoms with Crippen molar-refractivity contribution in [3.63, 3.8) is 0 Å². The van der Waals surface area contributed by atoms with Crippen LogP contribution in [0.5, 0.6) is 0 Å². The van der Waals surface area contributed by atoms with E-state index in [1.807, 2.05) is 29.2 Å². The predicted octanol–water partition coefficient (Wildman–Crippen LogP) is 15.7. The Bertz CT molecular complexity index is 1600. The summed E-state index contributed by atoms with van der Waals surface area (Å²) in [5.74, 6) is -0.369. The zero-order chi connectivity index (χ0) is 50.9. The maximum atomic E-state index is 14.6. The number of benzene rings is 2. The van der Waals surface area contributed by atoms with Gasteiger partial charge in [-0.15, -0.1) is 0 Å². The lowest BCUT2D eigenvalue weighted by atomic mass is 9.98. The number of ether oxygens (including phenoxy) is 2. The number of amides is 2. The Labute approximate surface area is 432 Å². The summed E-state index contributed by atoms with van der Waals surface area (Å²) >= 11 is 0. The summed E-state index contributed by atoms with van der Waals surface area (Å²) in [6, 6.07) is 15.3. The molecule has 0 aliphatic heterocycles. The SMILES string of the molecule is CCCCCCCCCCCCCCCCCCN(CCCCCCCCCCCCCCCCCC)C(=O)C(CCOP(=O)(O)OCCOCCN)NC(=O)OCC1c2ccccc2-c2ccccc21. The molecule has 0 saturated carbocycles. The van der Waals surface area contributed by atoms with Gasteiger partial charge in [-0.25, -0.2) is 9.36 Å². The highest BCUT2D eigenvalue weighted by molar-refractivity contribution is 7.47. The quantitative estimate of drug-likeness (QED) is 0.0435. The number of nitrogens with zero attached hydrogens (tertiary/aromatic N) is 1. The number of phosphoric acid groups is 1. The zero-order valence-corrected chi connectivity index (χ0v) is 45.9. The molecule has 406 valence electrons. The van der Waals surface area contributed by atoms with Gasteiger partial charge >= 0.3 is 13.9 Å². The molecule has 1 aliphatic carbocycles. The molecule has 3 rings (SSSR count). The number of nitrogens with one attached hydrogen (secondary N) is 1. The van der Waals surface area contributed by atoms with Gasteiger partial charge in [0.1, 0.15) is 12.6 Å². The molecule has 2 unspecified atom stereocenters. The zero-order valence-electron chi connectivity index (χ0n) is 45.0. The second-order valence-electron chi connectivity index (χ2n) is 20.3. The molecule has 71 heavy (non-hydrogen) atoms. The second-order valence-corrected chi connectivity index (χ2v) is 21.7. The van der Waals surface area contributed by atoms with Crippen LogP contribution < -0.4 is 11.1 Å². The lowest BCUT2D eigenvalue weighted by Gasteiger charge is -2.28. The summed E-state index contributed by atoms with van der Waals surface area (Å²) in [7, 11) is -4.45. The predicted molar refractivity (Wildman–Crippen MR) is 294 cm³/mol. The van der Waals surface area contributed by atoms with Gasteiger partial charge in [0.15, 0.2) is 0 Å². The third kappa shape index (κ3) is 29.0. The van der Waals surface area contributed by atoms with Gasteiger partial charge in [-0.2, -0.15) is 0 Å². The standard InChI is InChI=1S/C59H102N3O8P/c1-3-5-7-9-11-13-15-17-19-21-23-25-27-29-31-37-45-62(46-38-32-30-28-26-24-22-20-18-16-14-12-10-8-6-4-2)58(63)57(43-47-69-71(65,66)70-50-49-67-48-44-60)61-59(64)68-51-56-54-41-35-33-39-52(54)53-40-34-36-42-55(53)56/h33-36,39-42,56-57H,3-32,37-38,43-51,60H2,1-2H3,(H,61,64)(H,65,66). The largest absolute Gasteiger partial charge is 0.472 e. The van der Waals surface area contributed by atoms with E-state index in [1.165, 1.54) is 167 Å². The van der Waals surface area contributed by atoms with Crippen molar-refractivity contribution in [3.05, 3.63) is 59.7 Å². The Morgan fingerprint density at radius 1 is 0.563 bits per heavy atom. The van der Waals surface area contributed by atoms with Crippen LogP contribution in [0.25, 0.3) is 11.1 Å². The molecule has 0 spiro atoms. The Hall–Kier alpha value is -2.79. The number of carbonyl (C=O) groups is 2. The van der Waals surface area contributed by atoms with Crippen molar-refractivity contribution < 1.29 is 37.6 Å². The number of nitrogens with two attached hydrogens (primary N) is 1. The molecule has 0 fully saturated rings. The van der Waals surface area contributed by atoms with Crippen LogP contribution in [-0.2, 0) is 27.9 Å². The average Bonchev–Trinajstić information content (AvgIpc) is 3.69. The smallest absolute Gasteiger partial charge is 0.449 e. The number of alkyl carbamates (subject to hydrolysis) is 1. The topological polar surface area (TPSA) is 150 Å². The highest BCUT2D eigenvalue weighted by atomic mass is 31.2. The van der Waals surface area contributed by atoms with Crippen molar-refractivity contribution in [2.45, 2.75) is 238 Å². The summed E-state index contributed by atoms with van der Waals surface area (Å²) in [6.07, 6.45) is 40.1. The van der Waals surface area contributed by atoms with E-state index in [-0.39, 0.29) is 44.7 Å². The van der Waals surface area contributed by atoms with E-state index < -0.39 is 20.0 Å². The summed E-state index contributed by atoms with van der Waals surface area (Å²) in [5, 5.41) is 2.86. The maximum Gasteiger partial charge on any atom is 0.472 e. The Morgan fingerprint density at radius 2 is 0.944 bits per heavy atom. The molecule has 2 atom stereocenters. The first-order valence-electron chi connectivity index (χ1n) is 29.1. The monoisotopic (exact) mass is 1010 g/mol. The van der Waals surface area contributed by atoms with Crippen molar-refractivity contribution in [2.24, 2.45) is 5.73 Å². The molecule has 0 heterocycles. The molecule has 0 bridgehead atoms. The van der Waals surface area contributed by atoms with Gasteiger partial charge < -0.3 is 30.3 Å². The summed E-state index contributed by atoms with van der Waals surface area (Å²) in [6.45, 7) is 6.11. The number of phosphoric ester groups is 1. The summed E-state index contributed by atoms with van der Waals surface area (Å²) in [5.41, 5.74) is 9.91. The van der Waals surface area contributed by atoms with E-state index in [4.69, 9.17) is 24.3 Å². The van der Waals surface area contributed by atoms with Crippen LogP contribution in [0.15, 0.2) is 48.5 Å². The van der Waals surface area contributed by atoms with Crippen LogP contribution in [0, 0.1) is 0 Å². The summed E-state index contributed by atoms with van der Waals surface area (Å²) in [4.78, 5) is 40.6. The molecule has 4 N–H and O–H groups in total. The van der Waals surface area contributed by atoms with Gasteiger partial charge in [0, 0.05) is 32.0 Å². The van der Waals surface area contributed by atoms with Crippen molar-refractivity contribution >= 4 is 19.8 Å². The minimum atomic E-state index is -4.45. The highest BCUT2D eigenvalue weighted by Crippen LogP contribution is 2.45. The van der Waals surface area contributed by atoms with E-state index in [2.05, 4.69) is 43.4 Å². The van der Waals surface area contributed by atoms with Crippen LogP contribution in [0.1, 0.15) is 243 Å². The highest BCUT2D eigenvalue weighted by Gasteiger charge is 2.32. The van der Waals surface area contributed by atoms with Crippen LogP contribution in [0.4, 0.5) is 4.79 Å². The van der Waals surface area contributed by atoms with Crippen molar-refractivity contribution in [3.8, 4) is 11.1 Å². The molecule has 11 nitrogen and oxygen atoms in total. The fourth-order valence-corrected chi connectivity index (χ4v) is 10.7. The molecule has 0 aromatic heterocycles. The normalized spacial score (nSPS) is 13.5. The van der Waals surface area contributed by atoms with E-state index in [9.17, 15) is 19.0 Å². The van der Waals surface area contributed by atoms with E-state index in [1.54, 1.807) is 0 Å². The number of rotatable bonds is 48. The lowest BCUT2D eigenvalue weighted by molar-refractivity contribution is -0.134. The minimum absolute atomic E-state index is 0.0327. The van der Waals surface area contributed by atoms with Gasteiger partial charge in [-0.1, -0.05) is 255 Å². The van der Waals surface area contributed by atoms with Crippen molar-refractivity contribution in [2.75, 3.05) is 52.7 Å². The van der Waals surface area contributed by atoms with Crippen molar-refractivity contribution in [1.82, 2.24) is 10.2 Å². The fourth-order valence-electron chi connectivity index (χ4n) is 10.0. The van der Waals surface area contributed by atoms with Crippen LogP contribution >= 0.6 is 7.82 Å². The first kappa shape index (κ1) is 62.5. The Morgan fingerprint density at radius 3 is 1.35 bits per heavy atom. The molecule has 12 heteroatoms. The van der Waals surface area contributed by atoms with E-state index >= 15 is 0 Å². The lowest BCUT2D eigenvalue weighted by Crippen LogP contribution is -2.50. The maximum absolute atomic E-state index is 14.6. The Balaban J connectivity index is 1.55. The molecule has 2 aromatic rings. The molecule has 1 aliphatic rings. The number of unbranched alkanes of at least 4 members (excludes halogenated alkanes) is 30. The van der Waals surface area contributed by atoms with Gasteiger partial charge in [-0.3, -0.25) is 13.8 Å². The molecule has 0 radical (unpaired) electrons. The third-order valence-corrected chi connectivity index (χ3v) is 15.2. The number of hydrogen-bond acceptors (Lipinski definition) is 8. The van der Waals surface area contributed by atoms with Gasteiger partial charge in [0.25, 0.3) is 0 Å². The first-order valence-corrected chi connectivity index (χ1v) is 30.6. The van der Waals surface area contributed by atoms with Crippen molar-refractivity contribution in [1.29, 1.82) is 0 Å². The molecule has 2 aromatic carbocycles. The van der Waals surface area contributed by atoms with E-state index in [0.29, 0.717) is 26.2 Å². The molecular weight excluding hydrogens is 910 g/mol. The molecule has 0 saturated heterocycles. The van der Waals surface area contributed by atoms with Gasteiger partial charge in [0.2, 0.25) is 5.91 Å². The van der Waals surface area contributed by atoms with Crippen LogP contribution in [-0.4, -0.2) is 80.5 Å². The first-order chi connectivity index (χ1) is 34.8. The second kappa shape index (κ2) is 41.5. The average molecular weight is 1010 g/mol. The number of carbonyl (C=O) groups excluding carboxylic acids is 2. The van der Waals surface area contributed by atoms with Crippen LogP contribution in [0.3, 0.4) is 0 Å². The molecule has 2 amide bonds. The molecular formula is C59H102N3O8P. The Kier molecular flexibility index (Phi) is 36.6. The number of fused-ring (bicyclic) bond motifs is 3. The summed E-state index contributed by atoms with van der Waals surface area (Å²) < 4.78 is 34.4. The van der Waals surface area contributed by atoms with Crippen LogP contribution in [0.2, 0.25) is 0 Å². The van der Waals surface area contributed by atoms with Gasteiger partial charge in [0.05, 0.1) is 26.4 Å². The minimum Gasteiger partial charge on any atom is -0.449 e. The fraction of sp³-hybridized carbons (Fsp3) is 0.763. The van der Waals surface area contributed by atoms with Gasteiger partial charge in [-0.05, 0) is 35.1 Å². The third-order valence-electron chi connectivity index (χ3n) is 14.2.